The normalized spacial score (nSPS) is 56.5. The van der Waals surface area contributed by atoms with Gasteiger partial charge in [-0.05, 0) is 128 Å². The van der Waals surface area contributed by atoms with Gasteiger partial charge < -0.3 is 10.2 Å². The fourth-order valence-corrected chi connectivity index (χ4v) is 11.5. The zero-order chi connectivity index (χ0) is 23.3. The van der Waals surface area contributed by atoms with Crippen LogP contribution in [0.1, 0.15) is 106 Å². The van der Waals surface area contributed by atoms with Gasteiger partial charge in [-0.1, -0.05) is 46.8 Å². The van der Waals surface area contributed by atoms with Gasteiger partial charge in [0.2, 0.25) is 0 Å². The standard InChI is InChI=1S/C30H50O2/c1-19(2)20-10-15-30(18-31)17-16-28(6)21(25(20)30)8-9-23-27(5)13-12-24(32)26(3,4)22(27)11-14-29(23,28)7/h20-25,31-32H,1,8-18H2,2-7H3/t20-,21-,22-,23-,24+,25+,27+,28-,29-,30-/m1/s1. The van der Waals surface area contributed by atoms with Crippen LogP contribution in [0.4, 0.5) is 0 Å². The maximum Gasteiger partial charge on any atom is 0.0594 e. The summed E-state index contributed by atoms with van der Waals surface area (Å²) in [5.74, 6) is 3.33. The molecule has 32 heavy (non-hydrogen) atoms. The predicted octanol–water partition coefficient (Wildman–Crippen LogP) is 7.00. The topological polar surface area (TPSA) is 40.5 Å². The van der Waals surface area contributed by atoms with Crippen LogP contribution < -0.4 is 0 Å². The lowest BCUT2D eigenvalue weighted by Crippen LogP contribution is -2.66. The van der Waals surface area contributed by atoms with Gasteiger partial charge in [0.15, 0.2) is 0 Å². The third kappa shape index (κ3) is 2.66. The number of aliphatic hydroxyl groups is 2. The van der Waals surface area contributed by atoms with Gasteiger partial charge in [0, 0.05) is 6.61 Å². The van der Waals surface area contributed by atoms with Gasteiger partial charge >= 0.3 is 0 Å². The molecule has 0 spiro atoms. The van der Waals surface area contributed by atoms with Crippen molar-refractivity contribution in [2.24, 2.45) is 56.7 Å². The average Bonchev–Trinajstić information content (AvgIpc) is 3.12. The van der Waals surface area contributed by atoms with E-state index in [4.69, 9.17) is 0 Å². The Balaban J connectivity index is 1.55. The van der Waals surface area contributed by atoms with Crippen molar-refractivity contribution >= 4 is 0 Å². The highest BCUT2D eigenvalue weighted by molar-refractivity contribution is 5.21. The molecule has 0 radical (unpaired) electrons. The minimum Gasteiger partial charge on any atom is -0.396 e. The van der Waals surface area contributed by atoms with Crippen LogP contribution in [0.25, 0.3) is 0 Å². The number of rotatable bonds is 2. The number of aliphatic hydroxyl groups excluding tert-OH is 2. The molecule has 5 aliphatic carbocycles. The zero-order valence-electron chi connectivity index (χ0n) is 21.8. The summed E-state index contributed by atoms with van der Waals surface area (Å²) in [6.07, 6.45) is 12.2. The highest BCUT2D eigenvalue weighted by Crippen LogP contribution is 2.77. The molecule has 5 rings (SSSR count). The van der Waals surface area contributed by atoms with E-state index in [1.807, 2.05) is 0 Å². The minimum atomic E-state index is -0.147. The van der Waals surface area contributed by atoms with Crippen LogP contribution in [0.2, 0.25) is 0 Å². The van der Waals surface area contributed by atoms with Crippen molar-refractivity contribution in [2.45, 2.75) is 112 Å². The Bertz CT molecular complexity index is 786. The summed E-state index contributed by atoms with van der Waals surface area (Å²) >= 11 is 0. The molecular weight excluding hydrogens is 392 g/mol. The Morgan fingerprint density at radius 3 is 2.19 bits per heavy atom. The fraction of sp³-hybridized carbons (Fsp3) is 0.933. The van der Waals surface area contributed by atoms with Crippen LogP contribution in [0.5, 0.6) is 0 Å². The summed E-state index contributed by atoms with van der Waals surface area (Å²) in [5, 5.41) is 21.5. The van der Waals surface area contributed by atoms with E-state index in [0.29, 0.717) is 40.6 Å². The molecule has 0 saturated heterocycles. The number of fused-ring (bicyclic) bond motifs is 7. The van der Waals surface area contributed by atoms with Gasteiger partial charge in [0.1, 0.15) is 0 Å². The monoisotopic (exact) mass is 442 g/mol. The smallest absolute Gasteiger partial charge is 0.0594 e. The first kappa shape index (κ1) is 23.4. The molecule has 182 valence electrons. The Morgan fingerprint density at radius 2 is 1.53 bits per heavy atom. The molecule has 0 bridgehead atoms. The van der Waals surface area contributed by atoms with Crippen LogP contribution in [-0.2, 0) is 0 Å². The van der Waals surface area contributed by atoms with E-state index < -0.39 is 0 Å². The van der Waals surface area contributed by atoms with Gasteiger partial charge in [-0.25, -0.2) is 0 Å². The van der Waals surface area contributed by atoms with Crippen molar-refractivity contribution in [3.63, 3.8) is 0 Å². The summed E-state index contributed by atoms with van der Waals surface area (Å²) in [7, 11) is 0. The first-order chi connectivity index (χ1) is 14.9. The molecule has 2 N–H and O–H groups in total. The first-order valence-electron chi connectivity index (χ1n) is 13.8. The van der Waals surface area contributed by atoms with Gasteiger partial charge in [-0.2, -0.15) is 0 Å². The molecule has 5 fully saturated rings. The second kappa shape index (κ2) is 7.09. The summed E-state index contributed by atoms with van der Waals surface area (Å²) in [6.45, 7) is 19.7. The minimum absolute atomic E-state index is 0.0290. The molecule has 0 aliphatic heterocycles. The van der Waals surface area contributed by atoms with Gasteiger partial charge in [0.25, 0.3) is 0 Å². The molecule has 0 aromatic heterocycles. The van der Waals surface area contributed by atoms with E-state index in [9.17, 15) is 10.2 Å². The van der Waals surface area contributed by atoms with Crippen molar-refractivity contribution in [1.82, 2.24) is 0 Å². The van der Waals surface area contributed by atoms with E-state index in [-0.39, 0.29) is 16.9 Å². The quantitative estimate of drug-likeness (QED) is 0.452. The molecule has 2 heteroatoms. The van der Waals surface area contributed by atoms with E-state index in [1.165, 1.54) is 63.4 Å². The largest absolute Gasteiger partial charge is 0.396 e. The van der Waals surface area contributed by atoms with Crippen molar-refractivity contribution < 1.29 is 10.2 Å². The Morgan fingerprint density at radius 1 is 0.812 bits per heavy atom. The Labute approximate surface area is 197 Å². The second-order valence-corrected chi connectivity index (χ2v) is 14.6. The van der Waals surface area contributed by atoms with E-state index >= 15 is 0 Å². The third-order valence-corrected chi connectivity index (χ3v) is 13.5. The maximum absolute atomic E-state index is 10.9. The van der Waals surface area contributed by atoms with Crippen molar-refractivity contribution in [2.75, 3.05) is 6.61 Å². The third-order valence-electron chi connectivity index (χ3n) is 13.5. The van der Waals surface area contributed by atoms with Gasteiger partial charge in [-0.15, -0.1) is 0 Å². The summed E-state index contributed by atoms with van der Waals surface area (Å²) in [6, 6.07) is 0. The van der Waals surface area contributed by atoms with Crippen molar-refractivity contribution in [3.8, 4) is 0 Å². The van der Waals surface area contributed by atoms with E-state index in [2.05, 4.69) is 48.1 Å². The lowest BCUT2D eigenvalue weighted by Gasteiger charge is -2.73. The highest BCUT2D eigenvalue weighted by atomic mass is 16.3. The molecule has 0 heterocycles. The Hall–Kier alpha value is -0.340. The lowest BCUT2D eigenvalue weighted by atomic mass is 9.32. The van der Waals surface area contributed by atoms with E-state index in [1.54, 1.807) is 0 Å². The number of hydrogen-bond acceptors (Lipinski definition) is 2. The highest BCUT2D eigenvalue weighted by Gasteiger charge is 2.70. The summed E-state index contributed by atoms with van der Waals surface area (Å²) in [5.41, 5.74) is 2.60. The predicted molar refractivity (Wildman–Crippen MR) is 132 cm³/mol. The molecule has 5 aliphatic rings. The average molecular weight is 443 g/mol. The first-order valence-corrected chi connectivity index (χ1v) is 13.8. The fourth-order valence-electron chi connectivity index (χ4n) is 11.5. The molecule has 0 amide bonds. The molecule has 2 nitrogen and oxygen atoms in total. The zero-order valence-corrected chi connectivity index (χ0v) is 21.8. The SMILES string of the molecule is C=C(C)[C@H]1CC[C@]2(CO)CC[C@]3(C)[C@H](CC[C@@H]4[C@@]5(C)CC[C@H](O)C(C)(C)[C@H]5CC[C@]43C)[C@H]12. The number of allylic oxidation sites excluding steroid dienone is 1. The van der Waals surface area contributed by atoms with Crippen LogP contribution >= 0.6 is 0 Å². The molecule has 5 saturated carbocycles. The molecule has 0 aromatic carbocycles. The van der Waals surface area contributed by atoms with Crippen LogP contribution in [0.3, 0.4) is 0 Å². The van der Waals surface area contributed by atoms with Crippen LogP contribution in [0.15, 0.2) is 12.2 Å². The van der Waals surface area contributed by atoms with Gasteiger partial charge in [0.05, 0.1) is 6.10 Å². The lowest BCUT2D eigenvalue weighted by molar-refractivity contribution is -0.249. The van der Waals surface area contributed by atoms with Crippen LogP contribution in [0, 0.1) is 56.7 Å². The van der Waals surface area contributed by atoms with E-state index in [0.717, 1.165) is 18.3 Å². The maximum atomic E-state index is 10.9. The molecular formula is C30H50O2. The van der Waals surface area contributed by atoms with Crippen molar-refractivity contribution in [1.29, 1.82) is 0 Å². The van der Waals surface area contributed by atoms with Crippen molar-refractivity contribution in [3.05, 3.63) is 12.2 Å². The summed E-state index contributed by atoms with van der Waals surface area (Å²) < 4.78 is 0. The van der Waals surface area contributed by atoms with Crippen LogP contribution in [-0.4, -0.2) is 22.9 Å². The number of hydrogen-bond donors (Lipinski definition) is 2. The van der Waals surface area contributed by atoms with Gasteiger partial charge in [-0.3, -0.25) is 0 Å². The molecule has 10 atom stereocenters. The molecule has 0 unspecified atom stereocenters. The summed E-state index contributed by atoms with van der Waals surface area (Å²) in [4.78, 5) is 0. The second-order valence-electron chi connectivity index (χ2n) is 14.6. The molecule has 0 aromatic rings. The Kier molecular flexibility index (Phi) is 5.19.